The molecule has 0 saturated carbocycles. The van der Waals surface area contributed by atoms with Crippen LogP contribution in [0.3, 0.4) is 0 Å². The zero-order valence-electron chi connectivity index (χ0n) is 22.3. The average molecular weight is 553 g/mol. The van der Waals surface area contributed by atoms with Crippen molar-refractivity contribution in [3.63, 3.8) is 0 Å². The Morgan fingerprint density at radius 3 is 0.805 bits per heavy atom. The molecule has 0 spiro atoms. The first-order chi connectivity index (χ1) is 20.1. The predicted molar refractivity (Wildman–Crippen MR) is 166 cm³/mol. The van der Waals surface area contributed by atoms with Gasteiger partial charge >= 0.3 is 0 Å². The van der Waals surface area contributed by atoms with Gasteiger partial charge in [0.25, 0.3) is 0 Å². The van der Waals surface area contributed by atoms with Crippen molar-refractivity contribution in [2.24, 2.45) is 0 Å². The van der Waals surface area contributed by atoms with Crippen LogP contribution in [0, 0.1) is 0 Å². The summed E-state index contributed by atoms with van der Waals surface area (Å²) in [4.78, 5) is 12.4. The molecule has 0 radical (unpaired) electrons. The van der Waals surface area contributed by atoms with Crippen molar-refractivity contribution in [2.45, 2.75) is 14.7 Å². The molecule has 0 aliphatic carbocycles. The molecule has 0 unspecified atom stereocenters. The van der Waals surface area contributed by atoms with E-state index in [-0.39, 0.29) is 10.9 Å². The lowest BCUT2D eigenvalue weighted by atomic mass is 10.1. The Morgan fingerprint density at radius 2 is 0.585 bits per heavy atom. The largest absolute Gasteiger partial charge is 0.565 e. The van der Waals surface area contributed by atoms with E-state index in [4.69, 9.17) is 15.0 Å². The lowest BCUT2D eigenvalue weighted by Gasteiger charge is -2.11. The Balaban J connectivity index is 0.000000794. The molecular weight excluding hydrogens is 524 g/mol. The van der Waals surface area contributed by atoms with Crippen LogP contribution in [0.25, 0.3) is 33.4 Å². The Morgan fingerprint density at radius 1 is 0.390 bits per heavy atom. The van der Waals surface area contributed by atoms with E-state index in [0.29, 0.717) is 0 Å². The fourth-order valence-electron chi connectivity index (χ4n) is 4.65. The molecule has 0 aliphatic rings. The summed E-state index contributed by atoms with van der Waals surface area (Å²) in [5.41, 5.74) is 7.46. The standard InChI is InChI=1S/C36H27S.CH2O3/c1-4-10-28(11-5-1)31-16-22-34(23-17-31)37(35-24-18-32(19-25-35)29-12-6-2-7-13-29)36-26-20-33(21-27-36)30-14-8-3-9-15-30;2-1(3)4/h1-27H;(H2,2,3,4)/q+1;/p-1. The smallest absolute Gasteiger partial charge is 0.249 e. The maximum atomic E-state index is 8.44. The van der Waals surface area contributed by atoms with Gasteiger partial charge in [-0.25, -0.2) is 0 Å². The van der Waals surface area contributed by atoms with E-state index in [0.717, 1.165) is 0 Å². The zero-order chi connectivity index (χ0) is 28.4. The molecule has 0 bridgehead atoms. The minimum atomic E-state index is -2.08. The predicted octanol–water partition coefficient (Wildman–Crippen LogP) is 8.67. The molecule has 0 fully saturated rings. The van der Waals surface area contributed by atoms with Crippen molar-refractivity contribution in [3.05, 3.63) is 164 Å². The van der Waals surface area contributed by atoms with Gasteiger partial charge in [0.05, 0.1) is 10.9 Å². The molecule has 41 heavy (non-hydrogen) atoms. The number of rotatable bonds is 6. The summed E-state index contributed by atoms with van der Waals surface area (Å²) in [6.45, 7) is 0. The molecule has 1 N–H and O–H groups in total. The summed E-state index contributed by atoms with van der Waals surface area (Å²) >= 11 is 0. The zero-order valence-corrected chi connectivity index (χ0v) is 23.1. The average Bonchev–Trinajstić information content (AvgIpc) is 3.03. The third-order valence-corrected chi connectivity index (χ3v) is 8.82. The van der Waals surface area contributed by atoms with Gasteiger partial charge in [-0.05, 0) is 106 Å². The third kappa shape index (κ3) is 7.13. The third-order valence-electron chi connectivity index (χ3n) is 6.59. The van der Waals surface area contributed by atoms with E-state index < -0.39 is 6.16 Å². The van der Waals surface area contributed by atoms with E-state index >= 15 is 0 Å². The van der Waals surface area contributed by atoms with Crippen LogP contribution in [0.4, 0.5) is 4.79 Å². The van der Waals surface area contributed by atoms with Gasteiger partial charge in [-0.3, -0.25) is 0 Å². The van der Waals surface area contributed by atoms with Crippen molar-refractivity contribution in [1.29, 1.82) is 0 Å². The molecule has 0 atom stereocenters. The quantitative estimate of drug-likeness (QED) is 0.210. The summed E-state index contributed by atoms with van der Waals surface area (Å²) < 4.78 is 0. The summed E-state index contributed by atoms with van der Waals surface area (Å²) in [5.74, 6) is 0. The van der Waals surface area contributed by atoms with Gasteiger partial charge < -0.3 is 15.0 Å². The molecule has 0 saturated heterocycles. The minimum Gasteiger partial charge on any atom is -0.565 e. The molecule has 6 aromatic rings. The van der Waals surface area contributed by atoms with Crippen molar-refractivity contribution in [2.75, 3.05) is 0 Å². The number of benzene rings is 6. The second-order valence-corrected chi connectivity index (χ2v) is 11.3. The fourth-order valence-corrected chi connectivity index (χ4v) is 6.69. The SMILES string of the molecule is O=C([O-])O.c1ccc(-c2ccc([S+](c3ccc(-c4ccccc4)cc3)c3ccc(-c4ccccc4)cc3)cc2)cc1. The number of carboxylic acid groups (broad SMARTS) is 2. The van der Waals surface area contributed by atoms with Gasteiger partial charge in [0.2, 0.25) is 6.16 Å². The summed E-state index contributed by atoms with van der Waals surface area (Å²) in [5, 5.41) is 15.3. The maximum absolute atomic E-state index is 8.44. The van der Waals surface area contributed by atoms with Gasteiger partial charge in [-0.15, -0.1) is 0 Å². The van der Waals surface area contributed by atoms with Crippen LogP contribution in [0.5, 0.6) is 0 Å². The first-order valence-corrected chi connectivity index (χ1v) is 14.4. The molecule has 200 valence electrons. The van der Waals surface area contributed by atoms with Gasteiger partial charge in [0.1, 0.15) is 0 Å². The Hall–Kier alpha value is -5.06. The molecule has 0 aliphatic heterocycles. The second kappa shape index (κ2) is 13.3. The lowest BCUT2D eigenvalue weighted by molar-refractivity contribution is -0.275. The minimum absolute atomic E-state index is 0.209. The highest BCUT2D eigenvalue weighted by atomic mass is 32.2. The van der Waals surface area contributed by atoms with Gasteiger partial charge in [-0.1, -0.05) is 91.0 Å². The van der Waals surface area contributed by atoms with E-state index in [9.17, 15) is 0 Å². The Bertz CT molecular complexity index is 1470. The first-order valence-electron chi connectivity index (χ1n) is 13.2. The van der Waals surface area contributed by atoms with E-state index in [1.165, 1.54) is 48.1 Å². The number of carbonyl (C=O) groups is 1. The van der Waals surface area contributed by atoms with E-state index in [2.05, 4.69) is 164 Å². The first kappa shape index (κ1) is 27.5. The highest BCUT2D eigenvalue weighted by Crippen LogP contribution is 2.35. The molecule has 4 heteroatoms. The van der Waals surface area contributed by atoms with Crippen LogP contribution >= 0.6 is 0 Å². The number of hydrogen-bond acceptors (Lipinski definition) is 2. The van der Waals surface area contributed by atoms with Crippen molar-refractivity contribution >= 4 is 17.1 Å². The van der Waals surface area contributed by atoms with E-state index in [1.807, 2.05) is 0 Å². The monoisotopic (exact) mass is 552 g/mol. The van der Waals surface area contributed by atoms with Crippen LogP contribution in [0.1, 0.15) is 0 Å². The van der Waals surface area contributed by atoms with Gasteiger partial charge in [0, 0.05) is 0 Å². The van der Waals surface area contributed by atoms with Crippen molar-refractivity contribution < 1.29 is 15.0 Å². The van der Waals surface area contributed by atoms with Crippen LogP contribution in [0.15, 0.2) is 178 Å². The van der Waals surface area contributed by atoms with Crippen LogP contribution < -0.4 is 5.11 Å². The van der Waals surface area contributed by atoms with Crippen LogP contribution in [0.2, 0.25) is 0 Å². The molecule has 6 aromatic carbocycles. The number of hydrogen-bond donors (Lipinski definition) is 1. The molecule has 0 amide bonds. The molecule has 6 rings (SSSR count). The lowest BCUT2D eigenvalue weighted by Crippen LogP contribution is -2.17. The Kier molecular flexibility index (Phi) is 8.95. The summed E-state index contributed by atoms with van der Waals surface area (Å²) in [7, 11) is -0.209. The van der Waals surface area contributed by atoms with Gasteiger partial charge in [-0.2, -0.15) is 0 Å². The Labute approximate surface area is 243 Å². The normalized spacial score (nSPS) is 10.5. The topological polar surface area (TPSA) is 60.4 Å². The maximum Gasteiger partial charge on any atom is 0.249 e. The van der Waals surface area contributed by atoms with Crippen LogP contribution in [-0.4, -0.2) is 11.3 Å². The highest BCUT2D eigenvalue weighted by Gasteiger charge is 2.28. The van der Waals surface area contributed by atoms with Crippen LogP contribution in [-0.2, 0) is 10.9 Å². The van der Waals surface area contributed by atoms with Gasteiger partial charge in [0.15, 0.2) is 14.7 Å². The molecule has 0 heterocycles. The fraction of sp³-hybridized carbons (Fsp3) is 0. The van der Waals surface area contributed by atoms with Crippen molar-refractivity contribution in [1.82, 2.24) is 0 Å². The highest BCUT2D eigenvalue weighted by molar-refractivity contribution is 7.97. The van der Waals surface area contributed by atoms with E-state index in [1.54, 1.807) is 0 Å². The second-order valence-electron chi connectivity index (χ2n) is 9.24. The molecule has 3 nitrogen and oxygen atoms in total. The summed E-state index contributed by atoms with van der Waals surface area (Å²) in [6, 6.07) is 59.0. The summed E-state index contributed by atoms with van der Waals surface area (Å²) in [6.07, 6.45) is -2.08. The van der Waals surface area contributed by atoms with Crippen molar-refractivity contribution in [3.8, 4) is 33.4 Å². The molecule has 0 aromatic heterocycles. The molecular formula is C37H28O3S.